The Hall–Kier alpha value is -0.860. The molecule has 0 aromatic heterocycles. The minimum Gasteiger partial charge on any atom is -0.377 e. The Kier molecular flexibility index (Phi) is 3.85. The lowest BCUT2D eigenvalue weighted by Crippen LogP contribution is -2.36. The second-order valence-corrected chi connectivity index (χ2v) is 5.22. The van der Waals surface area contributed by atoms with E-state index in [4.69, 9.17) is 4.74 Å². The molecule has 0 spiro atoms. The van der Waals surface area contributed by atoms with E-state index in [1.807, 2.05) is 0 Å². The number of rotatable bonds is 3. The van der Waals surface area contributed by atoms with Crippen molar-refractivity contribution in [2.75, 3.05) is 6.61 Å². The smallest absolute Gasteiger partial charge is 0.0700 e. The molecule has 1 heterocycles. The van der Waals surface area contributed by atoms with Gasteiger partial charge in [0.15, 0.2) is 0 Å². The zero-order chi connectivity index (χ0) is 12.4. The summed E-state index contributed by atoms with van der Waals surface area (Å²) in [5.41, 5.74) is 4.10. The molecule has 0 saturated carbocycles. The third-order valence-corrected chi connectivity index (χ3v) is 3.73. The van der Waals surface area contributed by atoms with Crippen molar-refractivity contribution in [3.8, 4) is 0 Å². The van der Waals surface area contributed by atoms with E-state index in [0.717, 1.165) is 13.0 Å². The van der Waals surface area contributed by atoms with Gasteiger partial charge in [0.1, 0.15) is 0 Å². The van der Waals surface area contributed by atoms with E-state index < -0.39 is 0 Å². The highest BCUT2D eigenvalue weighted by molar-refractivity contribution is 5.32. The Morgan fingerprint density at radius 2 is 2.12 bits per heavy atom. The number of ether oxygens (including phenoxy) is 1. The minimum absolute atomic E-state index is 0.336. The van der Waals surface area contributed by atoms with Crippen LogP contribution in [0.25, 0.3) is 0 Å². The summed E-state index contributed by atoms with van der Waals surface area (Å²) in [5, 5.41) is 3.68. The van der Waals surface area contributed by atoms with Crippen LogP contribution >= 0.6 is 0 Å². The molecule has 0 aliphatic carbocycles. The standard InChI is InChI=1S/C15H23NO/c1-10-5-6-14(11(2)9-10)12(3)16-15-7-8-17-13(15)4/h5-6,9,12-13,15-16H,7-8H2,1-4H3. The molecule has 1 aliphatic heterocycles. The summed E-state index contributed by atoms with van der Waals surface area (Å²) in [6.45, 7) is 9.61. The Morgan fingerprint density at radius 3 is 2.71 bits per heavy atom. The first-order valence-electron chi connectivity index (χ1n) is 6.52. The molecule has 2 nitrogen and oxygen atoms in total. The summed E-state index contributed by atoms with van der Waals surface area (Å²) >= 11 is 0. The second kappa shape index (κ2) is 5.19. The molecule has 0 radical (unpaired) electrons. The number of nitrogens with one attached hydrogen (secondary N) is 1. The summed E-state index contributed by atoms with van der Waals surface area (Å²) in [6, 6.07) is 7.57. The lowest BCUT2D eigenvalue weighted by atomic mass is 9.99. The van der Waals surface area contributed by atoms with E-state index in [2.05, 4.69) is 51.2 Å². The maximum absolute atomic E-state index is 5.59. The van der Waals surface area contributed by atoms with Gasteiger partial charge in [-0.05, 0) is 45.2 Å². The summed E-state index contributed by atoms with van der Waals surface area (Å²) in [5.74, 6) is 0. The molecular formula is C15H23NO. The van der Waals surface area contributed by atoms with Crippen LogP contribution in [0.15, 0.2) is 18.2 Å². The van der Waals surface area contributed by atoms with Gasteiger partial charge < -0.3 is 10.1 Å². The first kappa shape index (κ1) is 12.6. The summed E-state index contributed by atoms with van der Waals surface area (Å²) < 4.78 is 5.59. The van der Waals surface area contributed by atoms with E-state index in [-0.39, 0.29) is 0 Å². The fraction of sp³-hybridized carbons (Fsp3) is 0.600. The molecule has 2 heteroatoms. The van der Waals surface area contributed by atoms with Crippen molar-refractivity contribution in [2.24, 2.45) is 0 Å². The summed E-state index contributed by atoms with van der Waals surface area (Å²) in [4.78, 5) is 0. The Bertz CT molecular complexity index is 389. The van der Waals surface area contributed by atoms with Gasteiger partial charge in [0.2, 0.25) is 0 Å². The summed E-state index contributed by atoms with van der Waals surface area (Å²) in [7, 11) is 0. The van der Waals surface area contributed by atoms with Crippen LogP contribution in [-0.4, -0.2) is 18.8 Å². The molecule has 1 aliphatic rings. The van der Waals surface area contributed by atoms with Gasteiger partial charge in [-0.15, -0.1) is 0 Å². The lowest BCUT2D eigenvalue weighted by Gasteiger charge is -2.23. The Balaban J connectivity index is 2.06. The average Bonchev–Trinajstić information content (AvgIpc) is 2.64. The predicted octanol–water partition coefficient (Wildman–Crippen LogP) is 3.13. The van der Waals surface area contributed by atoms with Crippen molar-refractivity contribution < 1.29 is 4.74 Å². The van der Waals surface area contributed by atoms with Gasteiger partial charge in [-0.25, -0.2) is 0 Å². The van der Waals surface area contributed by atoms with E-state index >= 15 is 0 Å². The third kappa shape index (κ3) is 2.88. The van der Waals surface area contributed by atoms with Crippen LogP contribution in [0, 0.1) is 13.8 Å². The molecule has 0 bridgehead atoms. The van der Waals surface area contributed by atoms with Crippen LogP contribution in [0.5, 0.6) is 0 Å². The molecule has 3 unspecified atom stereocenters. The molecule has 1 fully saturated rings. The normalized spacial score (nSPS) is 26.1. The van der Waals surface area contributed by atoms with Gasteiger partial charge in [0.05, 0.1) is 6.10 Å². The van der Waals surface area contributed by atoms with Crippen molar-refractivity contribution in [1.82, 2.24) is 5.32 Å². The fourth-order valence-electron chi connectivity index (χ4n) is 2.67. The molecule has 1 aromatic carbocycles. The van der Waals surface area contributed by atoms with Crippen LogP contribution in [0.2, 0.25) is 0 Å². The van der Waals surface area contributed by atoms with Crippen LogP contribution < -0.4 is 5.32 Å². The van der Waals surface area contributed by atoms with Crippen LogP contribution in [-0.2, 0) is 4.74 Å². The molecule has 94 valence electrons. The Labute approximate surface area is 104 Å². The summed E-state index contributed by atoms with van der Waals surface area (Å²) in [6.07, 6.45) is 1.46. The molecule has 2 rings (SSSR count). The highest BCUT2D eigenvalue weighted by Gasteiger charge is 2.25. The second-order valence-electron chi connectivity index (χ2n) is 5.22. The number of hydrogen-bond donors (Lipinski definition) is 1. The number of hydrogen-bond acceptors (Lipinski definition) is 2. The van der Waals surface area contributed by atoms with Gasteiger partial charge in [-0.2, -0.15) is 0 Å². The third-order valence-electron chi connectivity index (χ3n) is 3.73. The van der Waals surface area contributed by atoms with Gasteiger partial charge in [0.25, 0.3) is 0 Å². The van der Waals surface area contributed by atoms with Gasteiger partial charge in [0, 0.05) is 18.7 Å². The monoisotopic (exact) mass is 233 g/mol. The van der Waals surface area contributed by atoms with Crippen molar-refractivity contribution >= 4 is 0 Å². The topological polar surface area (TPSA) is 21.3 Å². The van der Waals surface area contributed by atoms with Crippen LogP contribution in [0.1, 0.15) is 43.0 Å². The lowest BCUT2D eigenvalue weighted by molar-refractivity contribution is 0.111. The molecule has 3 atom stereocenters. The predicted molar refractivity (Wildman–Crippen MR) is 71.3 cm³/mol. The molecule has 0 amide bonds. The zero-order valence-electron chi connectivity index (χ0n) is 11.3. The molecule has 17 heavy (non-hydrogen) atoms. The quantitative estimate of drug-likeness (QED) is 0.866. The van der Waals surface area contributed by atoms with Crippen LogP contribution in [0.3, 0.4) is 0 Å². The number of aryl methyl sites for hydroxylation is 2. The molecule has 1 aromatic rings. The SMILES string of the molecule is Cc1ccc(C(C)NC2CCOC2C)c(C)c1. The maximum Gasteiger partial charge on any atom is 0.0700 e. The number of benzene rings is 1. The molecule has 1 N–H and O–H groups in total. The van der Waals surface area contributed by atoms with E-state index in [0.29, 0.717) is 18.2 Å². The first-order valence-corrected chi connectivity index (χ1v) is 6.52. The van der Waals surface area contributed by atoms with E-state index in [9.17, 15) is 0 Å². The average molecular weight is 233 g/mol. The van der Waals surface area contributed by atoms with Crippen LogP contribution in [0.4, 0.5) is 0 Å². The van der Waals surface area contributed by atoms with Gasteiger partial charge in [-0.3, -0.25) is 0 Å². The highest BCUT2D eigenvalue weighted by Crippen LogP contribution is 2.22. The van der Waals surface area contributed by atoms with E-state index in [1.54, 1.807) is 0 Å². The largest absolute Gasteiger partial charge is 0.377 e. The van der Waals surface area contributed by atoms with Crippen molar-refractivity contribution in [3.63, 3.8) is 0 Å². The zero-order valence-corrected chi connectivity index (χ0v) is 11.3. The van der Waals surface area contributed by atoms with Crippen molar-refractivity contribution in [2.45, 2.75) is 52.3 Å². The molecular weight excluding hydrogens is 210 g/mol. The van der Waals surface area contributed by atoms with E-state index in [1.165, 1.54) is 16.7 Å². The first-order chi connectivity index (χ1) is 8.08. The molecule has 1 saturated heterocycles. The maximum atomic E-state index is 5.59. The van der Waals surface area contributed by atoms with Crippen molar-refractivity contribution in [1.29, 1.82) is 0 Å². The highest BCUT2D eigenvalue weighted by atomic mass is 16.5. The fourth-order valence-corrected chi connectivity index (χ4v) is 2.67. The van der Waals surface area contributed by atoms with Gasteiger partial charge in [-0.1, -0.05) is 23.8 Å². The Morgan fingerprint density at radius 1 is 1.35 bits per heavy atom. The minimum atomic E-state index is 0.336. The van der Waals surface area contributed by atoms with Crippen molar-refractivity contribution in [3.05, 3.63) is 34.9 Å². The van der Waals surface area contributed by atoms with Gasteiger partial charge >= 0.3 is 0 Å².